The molecule has 1 atom stereocenters. The van der Waals surface area contributed by atoms with Crippen molar-refractivity contribution in [1.29, 1.82) is 0 Å². The summed E-state index contributed by atoms with van der Waals surface area (Å²) in [5.74, 6) is -2.57. The minimum atomic E-state index is -0.920. The van der Waals surface area contributed by atoms with Crippen molar-refractivity contribution < 1.29 is 23.5 Å². The predicted octanol–water partition coefficient (Wildman–Crippen LogP) is 2.11. The molecule has 8 nitrogen and oxygen atoms in total. The van der Waals surface area contributed by atoms with Crippen molar-refractivity contribution in [3.63, 3.8) is 0 Å². The lowest BCUT2D eigenvalue weighted by Gasteiger charge is -2.51. The van der Waals surface area contributed by atoms with Crippen molar-refractivity contribution in [2.24, 2.45) is 5.92 Å². The van der Waals surface area contributed by atoms with Crippen LogP contribution in [0.4, 0.5) is 8.78 Å². The lowest BCUT2D eigenvalue weighted by Crippen LogP contribution is -2.68. The lowest BCUT2D eigenvalue weighted by molar-refractivity contribution is 0.0418. The van der Waals surface area contributed by atoms with Crippen LogP contribution >= 0.6 is 0 Å². The minimum Gasteiger partial charge on any atom is -0.502 e. The number of aromatic nitrogens is 1. The molecule has 1 aromatic carbocycles. The molecule has 2 fully saturated rings. The molecule has 1 saturated carbocycles. The Morgan fingerprint density at radius 3 is 2.63 bits per heavy atom. The van der Waals surface area contributed by atoms with E-state index in [1.807, 2.05) is 11.9 Å². The SMILES string of the molecule is CCN1C(=O)c2c(O)c(=O)c(C(=O)CCc3ccc(F)cc3F)cn2N2CCN(CC3CC3)C[C@@H]12. The molecule has 1 amide bonds. The van der Waals surface area contributed by atoms with Gasteiger partial charge in [-0.25, -0.2) is 8.78 Å². The standard InChI is InChI=1S/C25H28F2N4O4/c1-2-29-21-14-28(12-15-3-4-15)9-10-30(21)31-13-18(23(33)24(34)22(31)25(29)35)20(32)8-6-16-5-7-17(26)11-19(16)27/h5,7,11,13,15,21,34H,2-4,6,8-10,12,14H2,1H3/t21-/m0/s1. The Kier molecular flexibility index (Phi) is 6.08. The number of nitrogens with zero attached hydrogens (tertiary/aromatic N) is 4. The molecule has 1 N–H and O–H groups in total. The first-order valence-corrected chi connectivity index (χ1v) is 12.0. The fraction of sp³-hybridized carbons (Fsp3) is 0.480. The normalized spacial score (nSPS) is 20.1. The summed E-state index contributed by atoms with van der Waals surface area (Å²) in [5, 5.41) is 12.6. The number of carbonyl (C=O) groups is 2. The van der Waals surface area contributed by atoms with Crippen LogP contribution in [-0.2, 0) is 6.42 Å². The zero-order chi connectivity index (χ0) is 24.9. The number of carbonyl (C=O) groups excluding carboxylic acids is 2. The van der Waals surface area contributed by atoms with E-state index in [0.717, 1.165) is 25.2 Å². The summed E-state index contributed by atoms with van der Waals surface area (Å²) in [6.07, 6.45) is 3.27. The number of benzene rings is 1. The Morgan fingerprint density at radius 1 is 1.17 bits per heavy atom. The van der Waals surface area contributed by atoms with Gasteiger partial charge in [0, 0.05) is 51.4 Å². The van der Waals surface area contributed by atoms with E-state index < -0.39 is 34.5 Å². The van der Waals surface area contributed by atoms with E-state index in [9.17, 15) is 28.3 Å². The average molecular weight is 487 g/mol. The van der Waals surface area contributed by atoms with Crippen molar-refractivity contribution in [2.45, 2.75) is 38.8 Å². The Labute approximate surface area is 201 Å². The average Bonchev–Trinajstić information content (AvgIpc) is 3.64. The highest BCUT2D eigenvalue weighted by Crippen LogP contribution is 2.32. The Hall–Kier alpha value is -3.27. The van der Waals surface area contributed by atoms with Gasteiger partial charge in [0.1, 0.15) is 17.8 Å². The molecule has 1 aromatic heterocycles. The lowest BCUT2D eigenvalue weighted by atomic mass is 10.0. The van der Waals surface area contributed by atoms with Gasteiger partial charge in [-0.3, -0.25) is 29.0 Å². The molecule has 1 aliphatic carbocycles. The van der Waals surface area contributed by atoms with E-state index >= 15 is 0 Å². The maximum Gasteiger partial charge on any atom is 0.278 e. The molecule has 186 valence electrons. The summed E-state index contributed by atoms with van der Waals surface area (Å²) in [6, 6.07) is 3.11. The minimum absolute atomic E-state index is 0.0299. The summed E-state index contributed by atoms with van der Waals surface area (Å²) >= 11 is 0. The number of hydrogen-bond donors (Lipinski definition) is 1. The number of aryl methyl sites for hydroxylation is 1. The van der Waals surface area contributed by atoms with Crippen molar-refractivity contribution in [2.75, 3.05) is 37.7 Å². The van der Waals surface area contributed by atoms with E-state index in [2.05, 4.69) is 4.90 Å². The summed E-state index contributed by atoms with van der Waals surface area (Å²) in [7, 11) is 0. The van der Waals surface area contributed by atoms with E-state index in [4.69, 9.17) is 0 Å². The number of amides is 1. The molecular weight excluding hydrogens is 458 g/mol. The third-order valence-electron chi connectivity index (χ3n) is 7.17. The van der Waals surface area contributed by atoms with Crippen molar-refractivity contribution in [3.05, 3.63) is 63.1 Å². The van der Waals surface area contributed by atoms with Gasteiger partial charge in [-0.1, -0.05) is 6.07 Å². The number of pyridine rings is 1. The van der Waals surface area contributed by atoms with Crippen LogP contribution in [0, 0.1) is 17.6 Å². The Balaban J connectivity index is 1.44. The number of piperazine rings is 1. The summed E-state index contributed by atoms with van der Waals surface area (Å²) in [6.45, 7) is 5.21. The smallest absolute Gasteiger partial charge is 0.278 e. The van der Waals surface area contributed by atoms with Gasteiger partial charge in [0.05, 0.1) is 5.56 Å². The first-order valence-electron chi connectivity index (χ1n) is 12.0. The van der Waals surface area contributed by atoms with Gasteiger partial charge in [-0.05, 0) is 43.7 Å². The fourth-order valence-electron chi connectivity index (χ4n) is 5.07. The number of hydrogen-bond acceptors (Lipinski definition) is 6. The first-order chi connectivity index (χ1) is 16.8. The Morgan fingerprint density at radius 2 is 1.94 bits per heavy atom. The highest BCUT2D eigenvalue weighted by atomic mass is 19.1. The van der Waals surface area contributed by atoms with E-state index in [-0.39, 0.29) is 35.8 Å². The second kappa shape index (κ2) is 9.07. The number of halogens is 2. The van der Waals surface area contributed by atoms with Crippen LogP contribution in [0.5, 0.6) is 5.75 Å². The van der Waals surface area contributed by atoms with Crippen LogP contribution in [0.3, 0.4) is 0 Å². The molecule has 2 aromatic rings. The van der Waals surface area contributed by atoms with Crippen LogP contribution < -0.4 is 10.4 Å². The molecule has 0 spiro atoms. The largest absolute Gasteiger partial charge is 0.502 e. The van der Waals surface area contributed by atoms with Crippen LogP contribution in [0.2, 0.25) is 0 Å². The number of fused-ring (bicyclic) bond motifs is 3. The van der Waals surface area contributed by atoms with E-state index in [1.54, 1.807) is 4.90 Å². The number of likely N-dealkylation sites (N-methyl/N-ethyl adjacent to an activating group) is 1. The van der Waals surface area contributed by atoms with E-state index in [0.29, 0.717) is 25.6 Å². The quantitative estimate of drug-likeness (QED) is 0.604. The maximum atomic E-state index is 14.0. The summed E-state index contributed by atoms with van der Waals surface area (Å²) < 4.78 is 28.6. The van der Waals surface area contributed by atoms with Gasteiger partial charge in [0.2, 0.25) is 5.43 Å². The zero-order valence-electron chi connectivity index (χ0n) is 19.5. The molecule has 2 aliphatic heterocycles. The van der Waals surface area contributed by atoms with Gasteiger partial charge in [-0.15, -0.1) is 0 Å². The first kappa shape index (κ1) is 23.5. The van der Waals surface area contributed by atoms with Crippen LogP contribution in [-0.4, -0.2) is 70.2 Å². The van der Waals surface area contributed by atoms with Crippen LogP contribution in [0.15, 0.2) is 29.2 Å². The zero-order valence-corrected chi connectivity index (χ0v) is 19.5. The van der Waals surface area contributed by atoms with Crippen molar-refractivity contribution in [3.8, 4) is 5.75 Å². The summed E-state index contributed by atoms with van der Waals surface area (Å²) in [4.78, 5) is 43.1. The van der Waals surface area contributed by atoms with Gasteiger partial charge in [0.15, 0.2) is 17.2 Å². The third-order valence-corrected chi connectivity index (χ3v) is 7.17. The molecule has 1 saturated heterocycles. The molecule has 0 bridgehead atoms. The van der Waals surface area contributed by atoms with E-state index in [1.165, 1.54) is 29.8 Å². The molecule has 3 heterocycles. The summed E-state index contributed by atoms with van der Waals surface area (Å²) in [5.41, 5.74) is -1.17. The number of ketones is 1. The molecule has 5 rings (SSSR count). The highest BCUT2D eigenvalue weighted by molar-refractivity contribution is 6.00. The molecule has 0 radical (unpaired) electrons. The molecule has 0 unspecified atom stereocenters. The number of aromatic hydroxyl groups is 1. The van der Waals surface area contributed by atoms with Gasteiger partial charge in [0.25, 0.3) is 5.91 Å². The second-order valence-corrected chi connectivity index (χ2v) is 9.51. The molecular formula is C25H28F2N4O4. The van der Waals surface area contributed by atoms with Crippen LogP contribution in [0.1, 0.15) is 52.6 Å². The monoisotopic (exact) mass is 486 g/mol. The maximum absolute atomic E-state index is 14.0. The highest BCUT2D eigenvalue weighted by Gasteiger charge is 2.43. The predicted molar refractivity (Wildman–Crippen MR) is 124 cm³/mol. The number of Topliss-reactive ketones (excluding diaryl/α,β-unsaturated/α-hetero) is 1. The molecule has 3 aliphatic rings. The van der Waals surface area contributed by atoms with Gasteiger partial charge < -0.3 is 10.0 Å². The fourth-order valence-corrected chi connectivity index (χ4v) is 5.07. The van der Waals surface area contributed by atoms with Gasteiger partial charge >= 0.3 is 0 Å². The molecule has 35 heavy (non-hydrogen) atoms. The topological polar surface area (TPSA) is 86.1 Å². The third kappa shape index (κ3) is 4.31. The molecule has 10 heteroatoms. The van der Waals surface area contributed by atoms with Crippen molar-refractivity contribution in [1.82, 2.24) is 14.5 Å². The van der Waals surface area contributed by atoms with Gasteiger partial charge in [-0.2, -0.15) is 0 Å². The van der Waals surface area contributed by atoms with Crippen LogP contribution in [0.25, 0.3) is 0 Å². The number of rotatable bonds is 7. The van der Waals surface area contributed by atoms with Crippen molar-refractivity contribution >= 4 is 11.7 Å². The Bertz CT molecular complexity index is 1240. The second-order valence-electron chi connectivity index (χ2n) is 9.51.